The molecule has 4 rings (SSSR count). The van der Waals surface area contributed by atoms with Crippen LogP contribution >= 0.6 is 11.3 Å². The molecule has 0 bridgehead atoms. The molecule has 4 aromatic rings. The van der Waals surface area contributed by atoms with Gasteiger partial charge >= 0.3 is 6.18 Å². The average Bonchev–Trinajstić information content (AvgIpc) is 3.47. The maximum Gasteiger partial charge on any atom is 0.453 e. The van der Waals surface area contributed by atoms with Crippen LogP contribution in [0.2, 0.25) is 0 Å². The molecule has 0 fully saturated rings. The Labute approximate surface area is 198 Å². The van der Waals surface area contributed by atoms with E-state index in [9.17, 15) is 18.0 Å². The van der Waals surface area contributed by atoms with Gasteiger partial charge in [-0.1, -0.05) is 37.3 Å². The Morgan fingerprint density at radius 3 is 2.50 bits per heavy atom. The summed E-state index contributed by atoms with van der Waals surface area (Å²) in [6.07, 6.45) is -3.24. The van der Waals surface area contributed by atoms with Crippen LogP contribution in [0.3, 0.4) is 0 Å². The molecule has 34 heavy (non-hydrogen) atoms. The highest BCUT2D eigenvalue weighted by molar-refractivity contribution is 7.10. The molecular weight excluding hydrogens is 463 g/mol. The number of hydrogen-bond acceptors (Lipinski definition) is 5. The SMILES string of the molecule is CCc1ccc(C(NC(=O)CCc2c(C)nc3nc(C(F)(F)F)nn3c2C)c2cccs2)cc1. The van der Waals surface area contributed by atoms with Crippen LogP contribution < -0.4 is 5.32 Å². The van der Waals surface area contributed by atoms with Crippen LogP contribution in [0.4, 0.5) is 13.2 Å². The molecule has 1 unspecified atom stereocenters. The predicted octanol–water partition coefficient (Wildman–Crippen LogP) is 5.22. The third kappa shape index (κ3) is 4.96. The molecule has 3 heterocycles. The predicted molar refractivity (Wildman–Crippen MR) is 124 cm³/mol. The summed E-state index contributed by atoms with van der Waals surface area (Å²) in [4.78, 5) is 21.6. The zero-order valence-corrected chi connectivity index (χ0v) is 19.8. The molecule has 0 aliphatic carbocycles. The highest BCUT2D eigenvalue weighted by Gasteiger charge is 2.37. The Hall–Kier alpha value is -3.27. The maximum atomic E-state index is 13.0. The number of nitrogens with zero attached hydrogens (tertiary/aromatic N) is 4. The van der Waals surface area contributed by atoms with Crippen molar-refractivity contribution in [2.75, 3.05) is 0 Å². The van der Waals surface area contributed by atoms with E-state index in [1.54, 1.807) is 25.2 Å². The van der Waals surface area contributed by atoms with E-state index in [4.69, 9.17) is 0 Å². The van der Waals surface area contributed by atoms with Gasteiger partial charge in [-0.15, -0.1) is 16.4 Å². The summed E-state index contributed by atoms with van der Waals surface area (Å²) in [5.74, 6) is -1.50. The minimum absolute atomic E-state index is 0.108. The van der Waals surface area contributed by atoms with Crippen molar-refractivity contribution in [3.63, 3.8) is 0 Å². The smallest absolute Gasteiger partial charge is 0.344 e. The van der Waals surface area contributed by atoms with Crippen molar-refractivity contribution in [2.45, 2.75) is 52.3 Å². The van der Waals surface area contributed by atoms with E-state index >= 15 is 0 Å². The lowest BCUT2D eigenvalue weighted by atomic mass is 10.0. The van der Waals surface area contributed by atoms with Crippen molar-refractivity contribution in [3.05, 3.63) is 80.6 Å². The molecule has 6 nitrogen and oxygen atoms in total. The molecule has 0 spiro atoms. The molecular formula is C24H24F3N5OS. The Balaban J connectivity index is 1.53. The number of rotatable bonds is 7. The van der Waals surface area contributed by atoms with Crippen LogP contribution in [0.25, 0.3) is 5.78 Å². The van der Waals surface area contributed by atoms with Crippen molar-refractivity contribution < 1.29 is 18.0 Å². The molecule has 1 aromatic carbocycles. The number of carbonyl (C=O) groups is 1. The van der Waals surface area contributed by atoms with E-state index < -0.39 is 12.0 Å². The van der Waals surface area contributed by atoms with Crippen molar-refractivity contribution in [2.24, 2.45) is 0 Å². The fourth-order valence-electron chi connectivity index (χ4n) is 3.88. The normalized spacial score (nSPS) is 12.8. The summed E-state index contributed by atoms with van der Waals surface area (Å²) in [6, 6.07) is 11.8. The zero-order valence-electron chi connectivity index (χ0n) is 19.0. The molecule has 0 aliphatic heterocycles. The van der Waals surface area contributed by atoms with Crippen molar-refractivity contribution in [3.8, 4) is 0 Å². The summed E-state index contributed by atoms with van der Waals surface area (Å²) < 4.78 is 40.1. The Morgan fingerprint density at radius 2 is 1.88 bits per heavy atom. The number of halogens is 3. The molecule has 0 saturated heterocycles. The molecule has 1 amide bonds. The van der Waals surface area contributed by atoms with Gasteiger partial charge in [0.05, 0.1) is 6.04 Å². The standard InChI is InChI=1S/C24H24F3N5OS/c1-4-16-7-9-17(10-8-16)21(19-6-5-13-34-19)29-20(33)12-11-18-14(2)28-23-30-22(24(25,26)27)31-32(23)15(18)3/h5-10,13,21H,4,11-12H2,1-3H3,(H,29,33). The van der Waals surface area contributed by atoms with Gasteiger partial charge in [0, 0.05) is 22.7 Å². The number of alkyl halides is 3. The fraction of sp³-hybridized carbons (Fsp3) is 0.333. The van der Waals surface area contributed by atoms with Gasteiger partial charge in [0.15, 0.2) is 0 Å². The van der Waals surface area contributed by atoms with Crippen molar-refractivity contribution in [1.29, 1.82) is 0 Å². The van der Waals surface area contributed by atoms with Crippen molar-refractivity contribution >= 4 is 23.0 Å². The van der Waals surface area contributed by atoms with Crippen molar-refractivity contribution in [1.82, 2.24) is 24.9 Å². The minimum atomic E-state index is -4.65. The molecule has 0 radical (unpaired) electrons. The minimum Gasteiger partial charge on any atom is -0.344 e. The van der Waals surface area contributed by atoms with Gasteiger partial charge in [-0.3, -0.25) is 4.79 Å². The molecule has 0 saturated carbocycles. The second-order valence-electron chi connectivity index (χ2n) is 8.02. The first-order chi connectivity index (χ1) is 16.2. The monoisotopic (exact) mass is 487 g/mol. The van der Waals surface area contributed by atoms with Crippen LogP contribution in [-0.2, 0) is 23.8 Å². The van der Waals surface area contributed by atoms with E-state index in [-0.39, 0.29) is 24.1 Å². The number of hydrogen-bond donors (Lipinski definition) is 1. The molecule has 0 aliphatic rings. The molecule has 3 aromatic heterocycles. The Bertz CT molecular complexity index is 1300. The number of amides is 1. The third-order valence-corrected chi connectivity index (χ3v) is 6.70. The summed E-state index contributed by atoms with van der Waals surface area (Å²) in [5, 5.41) is 8.65. The van der Waals surface area contributed by atoms with Gasteiger partial charge in [0.2, 0.25) is 5.91 Å². The number of thiophene rings is 1. The summed E-state index contributed by atoms with van der Waals surface area (Å²) in [7, 11) is 0. The summed E-state index contributed by atoms with van der Waals surface area (Å²) >= 11 is 1.57. The first-order valence-electron chi connectivity index (χ1n) is 10.9. The van der Waals surface area contributed by atoms with Gasteiger partial charge in [-0.05, 0) is 54.8 Å². The lowest BCUT2D eigenvalue weighted by Gasteiger charge is -2.19. The molecule has 10 heteroatoms. The number of benzene rings is 1. The lowest BCUT2D eigenvalue weighted by molar-refractivity contribution is -0.144. The quantitative estimate of drug-likeness (QED) is 0.388. The maximum absolute atomic E-state index is 13.0. The van der Waals surface area contributed by atoms with Crippen LogP contribution in [-0.4, -0.2) is 25.5 Å². The zero-order chi connectivity index (χ0) is 24.5. The Kier molecular flexibility index (Phi) is 6.70. The van der Waals surface area contributed by atoms with Gasteiger partial charge in [0.25, 0.3) is 11.6 Å². The van der Waals surface area contributed by atoms with Gasteiger partial charge in [-0.2, -0.15) is 18.2 Å². The van der Waals surface area contributed by atoms with Gasteiger partial charge in [0.1, 0.15) is 0 Å². The topological polar surface area (TPSA) is 72.2 Å². The number of carbonyl (C=O) groups excluding carboxylic acids is 1. The van der Waals surface area contributed by atoms with E-state index in [1.165, 1.54) is 5.56 Å². The van der Waals surface area contributed by atoms with Crippen LogP contribution in [0.5, 0.6) is 0 Å². The summed E-state index contributed by atoms with van der Waals surface area (Å²) in [5.41, 5.74) is 3.91. The number of aromatic nitrogens is 4. The number of fused-ring (bicyclic) bond motifs is 1. The van der Waals surface area contributed by atoms with E-state index in [0.717, 1.165) is 21.4 Å². The lowest BCUT2D eigenvalue weighted by Crippen LogP contribution is -2.29. The van der Waals surface area contributed by atoms with Crippen LogP contribution in [0.15, 0.2) is 41.8 Å². The fourth-order valence-corrected chi connectivity index (χ4v) is 4.68. The highest BCUT2D eigenvalue weighted by atomic mass is 32.1. The Morgan fingerprint density at radius 1 is 1.15 bits per heavy atom. The number of aryl methyl sites for hydroxylation is 3. The molecule has 1 N–H and O–H groups in total. The largest absolute Gasteiger partial charge is 0.453 e. The van der Waals surface area contributed by atoms with E-state index in [0.29, 0.717) is 23.4 Å². The first kappa shape index (κ1) is 23.9. The van der Waals surface area contributed by atoms with Gasteiger partial charge < -0.3 is 5.32 Å². The highest BCUT2D eigenvalue weighted by Crippen LogP contribution is 2.28. The average molecular weight is 488 g/mol. The second-order valence-corrected chi connectivity index (χ2v) is 9.00. The van der Waals surface area contributed by atoms with Gasteiger partial charge in [-0.25, -0.2) is 9.50 Å². The van der Waals surface area contributed by atoms with E-state index in [1.807, 2.05) is 29.6 Å². The molecule has 178 valence electrons. The number of nitrogens with one attached hydrogen (secondary N) is 1. The second kappa shape index (κ2) is 9.54. The summed E-state index contributed by atoms with van der Waals surface area (Å²) in [6.45, 7) is 5.45. The van der Waals surface area contributed by atoms with Crippen LogP contribution in [0, 0.1) is 13.8 Å². The first-order valence-corrected chi connectivity index (χ1v) is 11.8. The van der Waals surface area contributed by atoms with E-state index in [2.05, 4.69) is 39.4 Å². The van der Waals surface area contributed by atoms with Crippen LogP contribution in [0.1, 0.15) is 58.2 Å². The third-order valence-electron chi connectivity index (χ3n) is 5.76. The molecule has 1 atom stereocenters.